The maximum absolute atomic E-state index is 13.0. The lowest BCUT2D eigenvalue weighted by molar-refractivity contribution is -0.139. The van der Waals surface area contributed by atoms with Gasteiger partial charge in [0.05, 0.1) is 24.4 Å². The summed E-state index contributed by atoms with van der Waals surface area (Å²) in [6.45, 7) is 2.59. The number of esters is 1. The number of hydrogen-bond donors (Lipinski definition) is 0. The third kappa shape index (κ3) is 3.65. The van der Waals surface area contributed by atoms with E-state index in [0.29, 0.717) is 40.0 Å². The van der Waals surface area contributed by atoms with Crippen LogP contribution in [-0.2, 0) is 16.1 Å². The van der Waals surface area contributed by atoms with Gasteiger partial charge in [-0.2, -0.15) is 0 Å². The lowest BCUT2D eigenvalue weighted by Gasteiger charge is -2.12. The molecule has 0 N–H and O–H groups in total. The summed E-state index contributed by atoms with van der Waals surface area (Å²) in [5.41, 5.74) is 1.40. The smallest absolute Gasteiger partial charge is 0.316 e. The Bertz CT molecular complexity index is 1060. The number of aromatic nitrogens is 2. The van der Waals surface area contributed by atoms with Gasteiger partial charge in [0.25, 0.3) is 5.56 Å². The van der Waals surface area contributed by atoms with E-state index in [0.717, 1.165) is 5.56 Å². The van der Waals surface area contributed by atoms with E-state index in [4.69, 9.17) is 14.2 Å². The molecule has 0 fully saturated rings. The molecule has 0 spiro atoms. The van der Waals surface area contributed by atoms with Gasteiger partial charge in [-0.15, -0.1) is 11.3 Å². The molecule has 9 heteroatoms. The zero-order valence-corrected chi connectivity index (χ0v) is 16.1. The van der Waals surface area contributed by atoms with Crippen LogP contribution >= 0.6 is 23.1 Å². The SMILES string of the molecule is CCOC(=O)CSc1nc2ccsc2c(=O)n1Cc1ccc2c(c1)OCO2. The highest BCUT2D eigenvalue weighted by atomic mass is 32.2. The molecular weight excluding hydrogens is 388 g/mol. The molecule has 0 bridgehead atoms. The van der Waals surface area contributed by atoms with Gasteiger partial charge in [0.15, 0.2) is 16.7 Å². The number of thioether (sulfide) groups is 1. The lowest BCUT2D eigenvalue weighted by Crippen LogP contribution is -2.23. The normalized spacial score (nSPS) is 12.5. The van der Waals surface area contributed by atoms with E-state index in [1.165, 1.54) is 23.1 Å². The molecule has 0 saturated carbocycles. The van der Waals surface area contributed by atoms with Crippen LogP contribution in [0.4, 0.5) is 0 Å². The van der Waals surface area contributed by atoms with Crippen molar-refractivity contribution in [3.8, 4) is 11.5 Å². The van der Waals surface area contributed by atoms with E-state index in [-0.39, 0.29) is 24.1 Å². The van der Waals surface area contributed by atoms with Crippen molar-refractivity contribution in [1.82, 2.24) is 9.55 Å². The van der Waals surface area contributed by atoms with Crippen molar-refractivity contribution < 1.29 is 19.0 Å². The minimum absolute atomic E-state index is 0.0943. The van der Waals surface area contributed by atoms with Crippen LogP contribution in [0.1, 0.15) is 12.5 Å². The van der Waals surface area contributed by atoms with Crippen LogP contribution in [0.25, 0.3) is 10.2 Å². The molecule has 27 heavy (non-hydrogen) atoms. The summed E-state index contributed by atoms with van der Waals surface area (Å²) in [5.74, 6) is 1.11. The Kier molecular flexibility index (Phi) is 5.04. The molecule has 7 nitrogen and oxygen atoms in total. The third-order valence-electron chi connectivity index (χ3n) is 3.93. The summed E-state index contributed by atoms with van der Waals surface area (Å²) in [4.78, 5) is 29.3. The largest absolute Gasteiger partial charge is 0.465 e. The van der Waals surface area contributed by atoms with Crippen molar-refractivity contribution in [2.45, 2.75) is 18.6 Å². The molecule has 140 valence electrons. The average molecular weight is 404 g/mol. The predicted octanol–water partition coefficient (Wildman–Crippen LogP) is 2.89. The van der Waals surface area contributed by atoms with Gasteiger partial charge < -0.3 is 14.2 Å². The molecule has 1 aliphatic heterocycles. The summed E-state index contributed by atoms with van der Waals surface area (Å²) in [5, 5.41) is 2.32. The van der Waals surface area contributed by atoms with Crippen molar-refractivity contribution >= 4 is 39.3 Å². The number of nitrogens with zero attached hydrogens (tertiary/aromatic N) is 2. The maximum atomic E-state index is 13.0. The first-order chi connectivity index (χ1) is 13.2. The highest BCUT2D eigenvalue weighted by Gasteiger charge is 2.17. The molecular formula is C18H16N2O5S2. The van der Waals surface area contributed by atoms with Crippen LogP contribution in [0.2, 0.25) is 0 Å². The molecule has 2 aromatic heterocycles. The fraction of sp³-hybridized carbons (Fsp3) is 0.278. The molecule has 0 amide bonds. The van der Waals surface area contributed by atoms with E-state index in [2.05, 4.69) is 4.98 Å². The fourth-order valence-electron chi connectivity index (χ4n) is 2.72. The van der Waals surface area contributed by atoms with Gasteiger partial charge in [-0.1, -0.05) is 17.8 Å². The molecule has 1 aromatic carbocycles. The molecule has 0 saturated heterocycles. The van der Waals surface area contributed by atoms with E-state index in [1.807, 2.05) is 23.6 Å². The van der Waals surface area contributed by atoms with Crippen LogP contribution < -0.4 is 15.0 Å². The molecule has 0 unspecified atom stereocenters. The molecule has 3 aromatic rings. The Morgan fingerprint density at radius 1 is 1.33 bits per heavy atom. The number of carbonyl (C=O) groups excluding carboxylic acids is 1. The third-order valence-corrected chi connectivity index (χ3v) is 5.77. The standard InChI is InChI=1S/C18H16N2O5S2/c1-2-23-15(21)9-27-18-19-12-5-6-26-16(12)17(22)20(18)8-11-3-4-13-14(7-11)25-10-24-13/h3-7H,2,8-10H2,1H3. The number of hydrogen-bond acceptors (Lipinski definition) is 8. The highest BCUT2D eigenvalue weighted by molar-refractivity contribution is 7.99. The Hall–Kier alpha value is -2.52. The summed E-state index contributed by atoms with van der Waals surface area (Å²) >= 11 is 2.56. The molecule has 0 atom stereocenters. The first-order valence-electron chi connectivity index (χ1n) is 8.30. The second kappa shape index (κ2) is 7.61. The number of ether oxygens (including phenoxy) is 3. The topological polar surface area (TPSA) is 79.7 Å². The minimum atomic E-state index is -0.336. The summed E-state index contributed by atoms with van der Waals surface area (Å²) in [6.07, 6.45) is 0. The average Bonchev–Trinajstić information content (AvgIpc) is 3.31. The Morgan fingerprint density at radius 2 is 2.19 bits per heavy atom. The second-order valence-electron chi connectivity index (χ2n) is 5.70. The van der Waals surface area contributed by atoms with Crippen LogP contribution in [-0.4, -0.2) is 34.7 Å². The molecule has 3 heterocycles. The fourth-order valence-corrected chi connectivity index (χ4v) is 4.30. The maximum Gasteiger partial charge on any atom is 0.316 e. The van der Waals surface area contributed by atoms with Crippen molar-refractivity contribution in [2.24, 2.45) is 0 Å². The highest BCUT2D eigenvalue weighted by Crippen LogP contribution is 2.33. The van der Waals surface area contributed by atoms with Gasteiger partial charge in [-0.25, -0.2) is 4.98 Å². The zero-order chi connectivity index (χ0) is 18.8. The number of carbonyl (C=O) groups is 1. The first kappa shape index (κ1) is 17.9. The zero-order valence-electron chi connectivity index (χ0n) is 14.5. The van der Waals surface area contributed by atoms with Crippen molar-refractivity contribution in [3.63, 3.8) is 0 Å². The van der Waals surface area contributed by atoms with Gasteiger partial charge in [-0.3, -0.25) is 14.2 Å². The monoisotopic (exact) mass is 404 g/mol. The number of fused-ring (bicyclic) bond motifs is 2. The molecule has 0 aliphatic carbocycles. The van der Waals surface area contributed by atoms with Crippen molar-refractivity contribution in [2.75, 3.05) is 19.2 Å². The van der Waals surface area contributed by atoms with Crippen LogP contribution in [0.15, 0.2) is 39.6 Å². The number of rotatable bonds is 6. The Balaban J connectivity index is 1.69. The lowest BCUT2D eigenvalue weighted by atomic mass is 10.2. The van der Waals surface area contributed by atoms with Gasteiger partial charge in [0.2, 0.25) is 6.79 Å². The van der Waals surface area contributed by atoms with E-state index < -0.39 is 0 Å². The second-order valence-corrected chi connectivity index (χ2v) is 7.56. The quantitative estimate of drug-likeness (QED) is 0.355. The van der Waals surface area contributed by atoms with Gasteiger partial charge in [0, 0.05) is 0 Å². The summed E-state index contributed by atoms with van der Waals surface area (Å²) < 4.78 is 17.9. The van der Waals surface area contributed by atoms with Crippen LogP contribution in [0.5, 0.6) is 11.5 Å². The minimum Gasteiger partial charge on any atom is -0.465 e. The number of thiophene rings is 1. The van der Waals surface area contributed by atoms with Crippen LogP contribution in [0.3, 0.4) is 0 Å². The van der Waals surface area contributed by atoms with Crippen LogP contribution in [0, 0.1) is 0 Å². The summed E-state index contributed by atoms with van der Waals surface area (Å²) in [6, 6.07) is 7.37. The number of benzene rings is 1. The Labute approximate surface area is 162 Å². The van der Waals surface area contributed by atoms with E-state index in [1.54, 1.807) is 17.6 Å². The van der Waals surface area contributed by atoms with Gasteiger partial charge >= 0.3 is 5.97 Å². The molecule has 0 radical (unpaired) electrons. The molecule has 1 aliphatic rings. The van der Waals surface area contributed by atoms with Gasteiger partial charge in [-0.05, 0) is 36.1 Å². The van der Waals surface area contributed by atoms with Gasteiger partial charge in [0.1, 0.15) is 4.70 Å². The predicted molar refractivity (Wildman–Crippen MR) is 103 cm³/mol. The van der Waals surface area contributed by atoms with Crippen molar-refractivity contribution in [1.29, 1.82) is 0 Å². The van der Waals surface area contributed by atoms with Crippen molar-refractivity contribution in [3.05, 3.63) is 45.6 Å². The van der Waals surface area contributed by atoms with E-state index >= 15 is 0 Å². The van der Waals surface area contributed by atoms with E-state index in [9.17, 15) is 9.59 Å². The molecule has 4 rings (SSSR count). The first-order valence-corrected chi connectivity index (χ1v) is 10.2. The summed E-state index contributed by atoms with van der Waals surface area (Å²) in [7, 11) is 0. The Morgan fingerprint density at radius 3 is 3.04 bits per heavy atom.